The minimum absolute atomic E-state index is 0.663. The van der Waals surface area contributed by atoms with Crippen LogP contribution in [-0.2, 0) is 0 Å². The van der Waals surface area contributed by atoms with Gasteiger partial charge in [0.25, 0.3) is 0 Å². The molecule has 0 aliphatic rings. The predicted octanol–water partition coefficient (Wildman–Crippen LogP) is 6.11. The highest BCUT2D eigenvalue weighted by atomic mass is 79.9. The van der Waals surface area contributed by atoms with E-state index in [2.05, 4.69) is 20.9 Å². The lowest BCUT2D eigenvalue weighted by Gasteiger charge is -2.06. The number of fused-ring (bicyclic) bond motifs is 1. The average molecular weight is 417 g/mol. The van der Waals surface area contributed by atoms with Crippen LogP contribution in [0.4, 0.5) is 0 Å². The molecule has 0 aliphatic carbocycles. The predicted molar refractivity (Wildman–Crippen MR) is 115 cm³/mol. The quantitative estimate of drug-likeness (QED) is 0.293. The fraction of sp³-hybridized carbons (Fsp3) is 0.0435. The molecule has 0 aliphatic heterocycles. The van der Waals surface area contributed by atoms with Crippen LogP contribution in [0.1, 0.15) is 16.9 Å². The Morgan fingerprint density at radius 1 is 0.815 bits per heavy atom. The second kappa shape index (κ2) is 7.72. The zero-order valence-corrected chi connectivity index (χ0v) is 16.3. The first-order valence-electron chi connectivity index (χ1n) is 8.60. The molecule has 4 heteroatoms. The number of amidine groups is 1. The van der Waals surface area contributed by atoms with Crippen LogP contribution in [0.25, 0.3) is 11.0 Å². The monoisotopic (exact) mass is 416 g/mol. The number of benzene rings is 3. The van der Waals surface area contributed by atoms with Crippen LogP contribution in [0.15, 0.2) is 104 Å². The molecule has 132 valence electrons. The van der Waals surface area contributed by atoms with Crippen molar-refractivity contribution in [2.75, 3.05) is 7.05 Å². The summed E-state index contributed by atoms with van der Waals surface area (Å²) >= 11 is 3.50. The van der Waals surface area contributed by atoms with Crippen LogP contribution in [0.3, 0.4) is 0 Å². The van der Waals surface area contributed by atoms with Gasteiger partial charge in [-0.05, 0) is 24.3 Å². The van der Waals surface area contributed by atoms with E-state index < -0.39 is 0 Å². The summed E-state index contributed by atoms with van der Waals surface area (Å²) in [5, 5.41) is 1.03. The van der Waals surface area contributed by atoms with Crippen molar-refractivity contribution in [3.63, 3.8) is 0 Å². The third kappa shape index (κ3) is 3.76. The zero-order chi connectivity index (χ0) is 18.6. The van der Waals surface area contributed by atoms with Crippen molar-refractivity contribution < 1.29 is 4.42 Å². The van der Waals surface area contributed by atoms with Gasteiger partial charge >= 0.3 is 0 Å². The van der Waals surface area contributed by atoms with Crippen molar-refractivity contribution in [3.05, 3.63) is 106 Å². The molecule has 1 heterocycles. The molecule has 4 rings (SSSR count). The molecule has 0 bridgehead atoms. The van der Waals surface area contributed by atoms with Crippen molar-refractivity contribution in [2.45, 2.75) is 0 Å². The Bertz CT molecular complexity index is 1130. The summed E-state index contributed by atoms with van der Waals surface area (Å²) in [6.45, 7) is 0. The standard InChI is InChI=1S/C23H17BrN2O/c1-25-23(17-10-6-3-7-11-17)26-22(16-8-4-2-5-9-16)21-14-18-12-13-19(24)15-20(18)27-21/h2-15H,1H3. The summed E-state index contributed by atoms with van der Waals surface area (Å²) < 4.78 is 7.11. The molecule has 4 aromatic rings. The van der Waals surface area contributed by atoms with Crippen LogP contribution < -0.4 is 0 Å². The SMILES string of the molecule is CN=C(N=C(c1ccccc1)c1cc2ccc(Br)cc2o1)c1ccccc1. The average Bonchev–Trinajstić information content (AvgIpc) is 3.13. The van der Waals surface area contributed by atoms with Gasteiger partial charge in [-0.15, -0.1) is 0 Å². The van der Waals surface area contributed by atoms with Crippen molar-refractivity contribution in [1.82, 2.24) is 0 Å². The van der Waals surface area contributed by atoms with E-state index in [1.54, 1.807) is 7.05 Å². The fourth-order valence-corrected chi connectivity index (χ4v) is 3.26. The number of furan rings is 1. The van der Waals surface area contributed by atoms with Gasteiger partial charge < -0.3 is 4.42 Å². The molecule has 0 unspecified atom stereocenters. The summed E-state index contributed by atoms with van der Waals surface area (Å²) in [7, 11) is 1.75. The first-order chi connectivity index (χ1) is 13.2. The highest BCUT2D eigenvalue weighted by Crippen LogP contribution is 2.25. The van der Waals surface area contributed by atoms with Crippen molar-refractivity contribution in [1.29, 1.82) is 0 Å². The lowest BCUT2D eigenvalue weighted by Crippen LogP contribution is -2.07. The second-order valence-electron chi connectivity index (χ2n) is 6.03. The van der Waals surface area contributed by atoms with E-state index in [1.807, 2.05) is 84.9 Å². The van der Waals surface area contributed by atoms with E-state index in [1.165, 1.54) is 0 Å². The fourth-order valence-electron chi connectivity index (χ4n) is 2.92. The van der Waals surface area contributed by atoms with Crippen LogP contribution in [0.5, 0.6) is 0 Å². The molecule has 0 atom stereocenters. The van der Waals surface area contributed by atoms with Crippen molar-refractivity contribution >= 4 is 38.4 Å². The number of halogens is 1. The van der Waals surface area contributed by atoms with Crippen LogP contribution >= 0.6 is 15.9 Å². The number of hydrogen-bond acceptors (Lipinski definition) is 2. The van der Waals surface area contributed by atoms with E-state index >= 15 is 0 Å². The van der Waals surface area contributed by atoms with Crippen LogP contribution in [-0.4, -0.2) is 18.6 Å². The minimum Gasteiger partial charge on any atom is -0.454 e. The van der Waals surface area contributed by atoms with Gasteiger partial charge in [0, 0.05) is 28.0 Å². The summed E-state index contributed by atoms with van der Waals surface area (Å²) in [5.41, 5.74) is 3.52. The normalized spacial score (nSPS) is 12.5. The zero-order valence-electron chi connectivity index (χ0n) is 14.8. The van der Waals surface area contributed by atoms with Gasteiger partial charge in [-0.1, -0.05) is 76.6 Å². The van der Waals surface area contributed by atoms with E-state index in [4.69, 9.17) is 9.41 Å². The Labute approximate surface area is 166 Å². The lowest BCUT2D eigenvalue weighted by atomic mass is 10.1. The maximum Gasteiger partial charge on any atom is 0.155 e. The molecule has 3 aromatic carbocycles. The Balaban J connectivity index is 1.89. The highest BCUT2D eigenvalue weighted by Gasteiger charge is 2.15. The first kappa shape index (κ1) is 17.4. The van der Waals surface area contributed by atoms with E-state index in [0.29, 0.717) is 11.6 Å². The molecular weight excluding hydrogens is 400 g/mol. The van der Waals surface area contributed by atoms with Crippen molar-refractivity contribution in [3.8, 4) is 0 Å². The highest BCUT2D eigenvalue weighted by molar-refractivity contribution is 9.10. The molecule has 0 N–H and O–H groups in total. The summed E-state index contributed by atoms with van der Waals surface area (Å²) in [5.74, 6) is 1.38. The van der Waals surface area contributed by atoms with Gasteiger partial charge in [-0.25, -0.2) is 4.99 Å². The minimum atomic E-state index is 0.663. The Morgan fingerprint density at radius 3 is 2.15 bits per heavy atom. The topological polar surface area (TPSA) is 37.9 Å². The summed E-state index contributed by atoms with van der Waals surface area (Å²) in [4.78, 5) is 9.28. The molecule has 0 radical (unpaired) electrons. The molecule has 0 amide bonds. The van der Waals surface area contributed by atoms with Crippen LogP contribution in [0.2, 0.25) is 0 Å². The molecule has 1 aromatic heterocycles. The van der Waals surface area contributed by atoms with E-state index in [-0.39, 0.29) is 0 Å². The third-order valence-electron chi connectivity index (χ3n) is 4.22. The Hall–Kier alpha value is -2.98. The maximum atomic E-state index is 6.13. The number of nitrogens with zero attached hydrogens (tertiary/aromatic N) is 2. The molecule has 0 saturated carbocycles. The van der Waals surface area contributed by atoms with Gasteiger partial charge in [-0.2, -0.15) is 0 Å². The summed E-state index contributed by atoms with van der Waals surface area (Å²) in [6, 6.07) is 28.0. The van der Waals surface area contributed by atoms with Gasteiger partial charge in [0.05, 0.1) is 0 Å². The lowest BCUT2D eigenvalue weighted by molar-refractivity contribution is 0.605. The Morgan fingerprint density at radius 2 is 1.48 bits per heavy atom. The van der Waals surface area contributed by atoms with Gasteiger partial charge in [0.1, 0.15) is 11.3 Å². The maximum absolute atomic E-state index is 6.13. The van der Waals surface area contributed by atoms with Gasteiger partial charge in [0.15, 0.2) is 11.6 Å². The molecule has 0 fully saturated rings. The van der Waals surface area contributed by atoms with Crippen LogP contribution in [0, 0.1) is 0 Å². The molecular formula is C23H17BrN2O. The molecule has 27 heavy (non-hydrogen) atoms. The third-order valence-corrected chi connectivity index (χ3v) is 4.72. The van der Waals surface area contributed by atoms with E-state index in [0.717, 1.165) is 32.3 Å². The number of aliphatic imine (C=N–C) groups is 2. The smallest absolute Gasteiger partial charge is 0.155 e. The number of hydrogen-bond donors (Lipinski definition) is 0. The largest absolute Gasteiger partial charge is 0.454 e. The molecule has 3 nitrogen and oxygen atoms in total. The number of rotatable bonds is 3. The molecule has 0 saturated heterocycles. The van der Waals surface area contributed by atoms with Gasteiger partial charge in [-0.3, -0.25) is 4.99 Å². The van der Waals surface area contributed by atoms with Crippen molar-refractivity contribution in [2.24, 2.45) is 9.98 Å². The first-order valence-corrected chi connectivity index (χ1v) is 9.40. The Kier molecular flexibility index (Phi) is 4.99. The molecule has 0 spiro atoms. The van der Waals surface area contributed by atoms with Gasteiger partial charge in [0.2, 0.25) is 0 Å². The van der Waals surface area contributed by atoms with E-state index in [9.17, 15) is 0 Å². The second-order valence-corrected chi connectivity index (χ2v) is 6.95. The summed E-state index contributed by atoms with van der Waals surface area (Å²) in [6.07, 6.45) is 0.